The lowest BCUT2D eigenvalue weighted by molar-refractivity contribution is -0.0939. The van der Waals surface area contributed by atoms with Crippen molar-refractivity contribution in [3.05, 3.63) is 63.1 Å². The lowest BCUT2D eigenvalue weighted by Crippen LogP contribution is -2.52. The lowest BCUT2D eigenvalue weighted by atomic mass is 9.97. The molecule has 1 aromatic heterocycles. The van der Waals surface area contributed by atoms with Gasteiger partial charge in [0.15, 0.2) is 11.4 Å². The smallest absolute Gasteiger partial charge is 0.274 e. The molecule has 3 atom stereocenters. The van der Waals surface area contributed by atoms with Crippen molar-refractivity contribution in [3.63, 3.8) is 0 Å². The Balaban J connectivity index is 1.56. The SMILES string of the molecule is CC1=NC2(CCC(C)N3CC2n2cc(C(=O)NCc4ccc(F)cc4F)c(=O)c(O)c2C3=O)ON1. The molecule has 0 saturated carbocycles. The summed E-state index contributed by atoms with van der Waals surface area (Å²) in [6.45, 7) is 3.47. The van der Waals surface area contributed by atoms with E-state index < -0.39 is 52.0 Å². The van der Waals surface area contributed by atoms with Crippen molar-refractivity contribution in [1.82, 2.24) is 20.3 Å². The first kappa shape index (κ1) is 23.0. The number of hydrogen-bond donors (Lipinski definition) is 3. The fraction of sp³-hybridized carbons (Fsp3) is 0.391. The van der Waals surface area contributed by atoms with Crippen LogP contribution < -0.4 is 16.2 Å². The molecule has 3 aliphatic heterocycles. The molecular formula is C23H23F2N5O5. The van der Waals surface area contributed by atoms with E-state index in [1.807, 2.05) is 6.92 Å². The van der Waals surface area contributed by atoms with Crippen LogP contribution in [0.3, 0.4) is 0 Å². The van der Waals surface area contributed by atoms with Crippen LogP contribution in [0.4, 0.5) is 8.78 Å². The number of aromatic nitrogens is 1. The van der Waals surface area contributed by atoms with Crippen molar-refractivity contribution in [2.24, 2.45) is 4.99 Å². The van der Waals surface area contributed by atoms with Gasteiger partial charge in [-0.3, -0.25) is 19.9 Å². The molecule has 12 heteroatoms. The number of aliphatic imine (C=N–C) groups is 1. The van der Waals surface area contributed by atoms with Crippen LogP contribution in [-0.4, -0.2) is 50.5 Å². The lowest BCUT2D eigenvalue weighted by Gasteiger charge is -2.40. The fourth-order valence-electron chi connectivity index (χ4n) is 4.89. The van der Waals surface area contributed by atoms with E-state index >= 15 is 0 Å². The van der Waals surface area contributed by atoms with Crippen LogP contribution in [-0.2, 0) is 11.4 Å². The Labute approximate surface area is 198 Å². The highest BCUT2D eigenvalue weighted by Gasteiger charge is 2.53. The molecule has 3 N–H and O–H groups in total. The van der Waals surface area contributed by atoms with Crippen LogP contribution in [0.2, 0.25) is 0 Å². The Morgan fingerprint density at radius 2 is 2.14 bits per heavy atom. The first-order valence-corrected chi connectivity index (χ1v) is 11.1. The van der Waals surface area contributed by atoms with Crippen molar-refractivity contribution >= 4 is 17.6 Å². The number of pyridine rings is 1. The monoisotopic (exact) mass is 487 g/mol. The number of nitrogens with zero attached hydrogens (tertiary/aromatic N) is 3. The van der Waals surface area contributed by atoms with Crippen molar-refractivity contribution in [2.75, 3.05) is 6.54 Å². The molecule has 1 fully saturated rings. The highest BCUT2D eigenvalue weighted by molar-refractivity contribution is 5.99. The van der Waals surface area contributed by atoms with Gasteiger partial charge >= 0.3 is 0 Å². The summed E-state index contributed by atoms with van der Waals surface area (Å²) in [4.78, 5) is 51.1. The summed E-state index contributed by atoms with van der Waals surface area (Å²) < 4.78 is 28.5. The topological polar surface area (TPSA) is 125 Å². The minimum Gasteiger partial charge on any atom is -0.503 e. The average Bonchev–Trinajstić information content (AvgIpc) is 3.14. The number of halogens is 2. The van der Waals surface area contributed by atoms with E-state index in [0.29, 0.717) is 24.7 Å². The second-order valence-electron chi connectivity index (χ2n) is 9.00. The molecule has 0 aliphatic carbocycles. The number of carbonyl (C=O) groups is 2. The predicted octanol–water partition coefficient (Wildman–Crippen LogP) is 1.59. The highest BCUT2D eigenvalue weighted by atomic mass is 19.1. The molecule has 2 amide bonds. The molecule has 10 nitrogen and oxygen atoms in total. The fourth-order valence-corrected chi connectivity index (χ4v) is 4.89. The molecule has 2 bridgehead atoms. The maximum absolute atomic E-state index is 14.0. The van der Waals surface area contributed by atoms with Crippen LogP contribution in [0.15, 0.2) is 34.2 Å². The van der Waals surface area contributed by atoms with Gasteiger partial charge in [0.1, 0.15) is 29.1 Å². The van der Waals surface area contributed by atoms with Crippen molar-refractivity contribution in [2.45, 2.75) is 51.0 Å². The van der Waals surface area contributed by atoms with Crippen LogP contribution in [0.5, 0.6) is 5.75 Å². The zero-order chi connectivity index (χ0) is 25.1. The molecule has 1 spiro atoms. The van der Waals surface area contributed by atoms with Gasteiger partial charge in [0, 0.05) is 43.4 Å². The number of hydrogen-bond acceptors (Lipinski definition) is 7. The number of nitrogens with one attached hydrogen (secondary N) is 2. The number of hydroxylamine groups is 1. The number of carbonyl (C=O) groups excluding carboxylic acids is 2. The average molecular weight is 487 g/mol. The molecule has 1 aromatic carbocycles. The van der Waals surface area contributed by atoms with Gasteiger partial charge < -0.3 is 19.9 Å². The van der Waals surface area contributed by atoms with E-state index in [0.717, 1.165) is 6.07 Å². The van der Waals surface area contributed by atoms with Gasteiger partial charge in [-0.1, -0.05) is 6.07 Å². The number of amidine groups is 1. The standard InChI is InChI=1S/C23H23F2N5O5/c1-11-5-6-23(27-12(2)28-35-23)17-10-29(11)22(34)18-20(32)19(31)15(9-30(17)18)21(33)26-8-13-3-4-14(24)7-16(13)25/h3-4,7,9,11,17,32H,5-6,8,10H2,1-2H3,(H,26,33)(H,27,28). The van der Waals surface area contributed by atoms with Gasteiger partial charge in [-0.05, 0) is 26.3 Å². The normalized spacial score (nSPS) is 25.1. The molecule has 3 unspecified atom stereocenters. The Morgan fingerprint density at radius 3 is 2.83 bits per heavy atom. The van der Waals surface area contributed by atoms with Gasteiger partial charge in [0.25, 0.3) is 11.8 Å². The number of fused-ring (bicyclic) bond motifs is 5. The Hall–Kier alpha value is -3.80. The molecule has 5 rings (SSSR count). The van der Waals surface area contributed by atoms with E-state index in [4.69, 9.17) is 4.84 Å². The molecule has 184 valence electrons. The quantitative estimate of drug-likeness (QED) is 0.604. The zero-order valence-electron chi connectivity index (χ0n) is 19.0. The van der Waals surface area contributed by atoms with E-state index in [1.165, 1.54) is 16.8 Å². The summed E-state index contributed by atoms with van der Waals surface area (Å²) >= 11 is 0. The number of rotatable bonds is 3. The second-order valence-corrected chi connectivity index (χ2v) is 9.00. The van der Waals surface area contributed by atoms with Gasteiger partial charge in [0.2, 0.25) is 11.2 Å². The van der Waals surface area contributed by atoms with E-state index in [1.54, 1.807) is 11.8 Å². The van der Waals surface area contributed by atoms with Crippen molar-refractivity contribution in [3.8, 4) is 5.75 Å². The third-order valence-corrected chi connectivity index (χ3v) is 6.78. The summed E-state index contributed by atoms with van der Waals surface area (Å²) in [5.74, 6) is -3.36. The summed E-state index contributed by atoms with van der Waals surface area (Å²) in [6.07, 6.45) is 2.22. The third kappa shape index (κ3) is 3.64. The maximum atomic E-state index is 14.0. The first-order chi connectivity index (χ1) is 16.6. The Bertz CT molecular complexity index is 1340. The summed E-state index contributed by atoms with van der Waals surface area (Å²) in [5.41, 5.74) is -0.0722. The van der Waals surface area contributed by atoms with Gasteiger partial charge in [-0.2, -0.15) is 0 Å². The molecule has 4 heterocycles. The van der Waals surface area contributed by atoms with Crippen LogP contribution >= 0.6 is 0 Å². The minimum atomic E-state index is -1.12. The zero-order valence-corrected chi connectivity index (χ0v) is 19.0. The van der Waals surface area contributed by atoms with Crippen LogP contribution in [0.1, 0.15) is 59.1 Å². The molecule has 0 radical (unpaired) electrons. The molecular weight excluding hydrogens is 464 g/mol. The predicted molar refractivity (Wildman–Crippen MR) is 119 cm³/mol. The van der Waals surface area contributed by atoms with Gasteiger partial charge in [-0.15, -0.1) is 0 Å². The molecule has 1 saturated heterocycles. The summed E-state index contributed by atoms with van der Waals surface area (Å²) in [6, 6.07) is 2.07. The van der Waals surface area contributed by atoms with Gasteiger partial charge in [0.05, 0.1) is 0 Å². The minimum absolute atomic E-state index is 0.0137. The van der Waals surface area contributed by atoms with Crippen LogP contribution in [0, 0.1) is 11.6 Å². The van der Waals surface area contributed by atoms with E-state index in [-0.39, 0.29) is 30.4 Å². The Morgan fingerprint density at radius 1 is 1.37 bits per heavy atom. The summed E-state index contributed by atoms with van der Waals surface area (Å²) in [5, 5.41) is 13.2. The van der Waals surface area contributed by atoms with E-state index in [2.05, 4.69) is 15.8 Å². The molecule has 2 aromatic rings. The number of amides is 2. The number of benzene rings is 1. The largest absolute Gasteiger partial charge is 0.503 e. The highest BCUT2D eigenvalue weighted by Crippen LogP contribution is 2.43. The van der Waals surface area contributed by atoms with Crippen LogP contribution in [0.25, 0.3) is 0 Å². The molecule has 35 heavy (non-hydrogen) atoms. The number of aromatic hydroxyl groups is 1. The summed E-state index contributed by atoms with van der Waals surface area (Å²) in [7, 11) is 0. The van der Waals surface area contributed by atoms with Crippen molar-refractivity contribution in [1.29, 1.82) is 0 Å². The Kier molecular flexibility index (Phi) is 5.35. The van der Waals surface area contributed by atoms with Gasteiger partial charge in [-0.25, -0.2) is 18.6 Å². The second kappa shape index (κ2) is 8.15. The van der Waals surface area contributed by atoms with Crippen molar-refractivity contribution < 1.29 is 28.3 Å². The van der Waals surface area contributed by atoms with E-state index in [9.17, 15) is 28.3 Å². The molecule has 3 aliphatic rings. The third-order valence-electron chi connectivity index (χ3n) is 6.78. The maximum Gasteiger partial charge on any atom is 0.274 e. The first-order valence-electron chi connectivity index (χ1n) is 11.1.